The van der Waals surface area contributed by atoms with Crippen molar-refractivity contribution in [3.05, 3.63) is 34.6 Å². The maximum atomic E-state index is 12.9. The summed E-state index contributed by atoms with van der Waals surface area (Å²) in [7, 11) is 0. The second-order valence-electron chi connectivity index (χ2n) is 3.38. The van der Waals surface area contributed by atoms with Crippen LogP contribution in [-0.4, -0.2) is 19.6 Å². The molecule has 1 aliphatic rings. The van der Waals surface area contributed by atoms with Crippen molar-refractivity contribution < 1.29 is 4.39 Å². The first-order valence-electron chi connectivity index (χ1n) is 4.66. The summed E-state index contributed by atoms with van der Waals surface area (Å²) in [4.78, 5) is 0. The van der Waals surface area contributed by atoms with Gasteiger partial charge in [0, 0.05) is 25.7 Å². The minimum atomic E-state index is -0.362. The summed E-state index contributed by atoms with van der Waals surface area (Å²) >= 11 is 5.71. The van der Waals surface area contributed by atoms with Crippen molar-refractivity contribution in [3.63, 3.8) is 0 Å². The largest absolute Gasteiger partial charge is 0.314 e. The summed E-state index contributed by atoms with van der Waals surface area (Å²) in [6.07, 6.45) is 0. The van der Waals surface area contributed by atoms with E-state index in [2.05, 4.69) is 10.6 Å². The molecule has 1 fully saturated rings. The van der Waals surface area contributed by atoms with Gasteiger partial charge in [0.05, 0.1) is 5.02 Å². The molecule has 1 aliphatic heterocycles. The van der Waals surface area contributed by atoms with Gasteiger partial charge in [-0.05, 0) is 17.7 Å². The molecule has 2 nitrogen and oxygen atoms in total. The van der Waals surface area contributed by atoms with E-state index in [1.165, 1.54) is 6.07 Å². The van der Waals surface area contributed by atoms with E-state index >= 15 is 0 Å². The van der Waals surface area contributed by atoms with Crippen molar-refractivity contribution in [2.45, 2.75) is 6.04 Å². The van der Waals surface area contributed by atoms with Crippen LogP contribution in [0.1, 0.15) is 11.6 Å². The highest BCUT2D eigenvalue weighted by atomic mass is 35.5. The molecule has 0 spiro atoms. The lowest BCUT2D eigenvalue weighted by molar-refractivity contribution is 0.430. The number of rotatable bonds is 1. The van der Waals surface area contributed by atoms with Gasteiger partial charge < -0.3 is 10.6 Å². The highest BCUT2D eigenvalue weighted by molar-refractivity contribution is 6.30. The SMILES string of the molecule is Fc1ccc([C@H]2CNCCN2)cc1Cl. The van der Waals surface area contributed by atoms with Crippen LogP contribution < -0.4 is 10.6 Å². The monoisotopic (exact) mass is 214 g/mol. The van der Waals surface area contributed by atoms with Crippen LogP contribution in [0.25, 0.3) is 0 Å². The van der Waals surface area contributed by atoms with Crippen LogP contribution in [0.3, 0.4) is 0 Å². The van der Waals surface area contributed by atoms with Crippen LogP contribution in [-0.2, 0) is 0 Å². The summed E-state index contributed by atoms with van der Waals surface area (Å²) in [5.41, 5.74) is 1.03. The Kier molecular flexibility index (Phi) is 3.01. The Morgan fingerprint density at radius 1 is 1.36 bits per heavy atom. The standard InChI is InChI=1S/C10H12ClFN2/c11-8-5-7(1-2-9(8)12)10-6-13-3-4-14-10/h1-2,5,10,13-14H,3-4,6H2/t10-/m1/s1. The Balaban J connectivity index is 2.18. The van der Waals surface area contributed by atoms with Gasteiger partial charge in [-0.1, -0.05) is 17.7 Å². The topological polar surface area (TPSA) is 24.1 Å². The summed E-state index contributed by atoms with van der Waals surface area (Å²) in [5.74, 6) is -0.362. The van der Waals surface area contributed by atoms with E-state index in [1.54, 1.807) is 12.1 Å². The first kappa shape index (κ1) is 9.90. The van der Waals surface area contributed by atoms with Gasteiger partial charge in [-0.15, -0.1) is 0 Å². The summed E-state index contributed by atoms with van der Waals surface area (Å²) in [6.45, 7) is 2.77. The average Bonchev–Trinajstić information content (AvgIpc) is 2.23. The van der Waals surface area contributed by atoms with Gasteiger partial charge in [0.1, 0.15) is 5.82 Å². The van der Waals surface area contributed by atoms with Crippen molar-refractivity contribution in [2.75, 3.05) is 19.6 Å². The van der Waals surface area contributed by atoms with E-state index in [9.17, 15) is 4.39 Å². The van der Waals surface area contributed by atoms with Gasteiger partial charge in [0.25, 0.3) is 0 Å². The van der Waals surface area contributed by atoms with Crippen LogP contribution in [0.15, 0.2) is 18.2 Å². The molecule has 0 radical (unpaired) electrons. The van der Waals surface area contributed by atoms with E-state index in [0.29, 0.717) is 0 Å². The zero-order valence-corrected chi connectivity index (χ0v) is 8.44. The van der Waals surface area contributed by atoms with Gasteiger partial charge in [-0.25, -0.2) is 4.39 Å². The van der Waals surface area contributed by atoms with Crippen molar-refractivity contribution in [2.24, 2.45) is 0 Å². The number of benzene rings is 1. The molecule has 0 unspecified atom stereocenters. The molecule has 76 valence electrons. The van der Waals surface area contributed by atoms with E-state index in [1.807, 2.05) is 0 Å². The molecule has 0 amide bonds. The van der Waals surface area contributed by atoms with E-state index < -0.39 is 0 Å². The first-order valence-corrected chi connectivity index (χ1v) is 5.04. The fourth-order valence-electron chi connectivity index (χ4n) is 1.62. The molecule has 2 rings (SSSR count). The zero-order chi connectivity index (χ0) is 9.97. The molecule has 0 aromatic heterocycles. The summed E-state index contributed by atoms with van der Waals surface area (Å²) < 4.78 is 12.9. The quantitative estimate of drug-likeness (QED) is 0.744. The molecule has 0 aliphatic carbocycles. The number of hydrogen-bond donors (Lipinski definition) is 2. The minimum Gasteiger partial charge on any atom is -0.314 e. The Hall–Kier alpha value is -0.640. The maximum absolute atomic E-state index is 12.9. The third-order valence-corrected chi connectivity index (χ3v) is 2.68. The van der Waals surface area contributed by atoms with Crippen LogP contribution in [0, 0.1) is 5.82 Å². The molecule has 0 saturated carbocycles. The fraction of sp³-hybridized carbons (Fsp3) is 0.400. The third-order valence-electron chi connectivity index (χ3n) is 2.39. The lowest BCUT2D eigenvalue weighted by Crippen LogP contribution is -2.42. The second-order valence-corrected chi connectivity index (χ2v) is 3.79. The number of piperazine rings is 1. The normalized spacial score (nSPS) is 22.3. The molecule has 1 aromatic carbocycles. The highest BCUT2D eigenvalue weighted by Gasteiger charge is 2.14. The Morgan fingerprint density at radius 3 is 2.86 bits per heavy atom. The molecule has 1 saturated heterocycles. The molecular weight excluding hydrogens is 203 g/mol. The van der Waals surface area contributed by atoms with Gasteiger partial charge in [-0.3, -0.25) is 0 Å². The molecular formula is C10H12ClFN2. The smallest absolute Gasteiger partial charge is 0.141 e. The fourth-order valence-corrected chi connectivity index (χ4v) is 1.81. The summed E-state index contributed by atoms with van der Waals surface area (Å²) in [6, 6.07) is 5.10. The number of hydrogen-bond acceptors (Lipinski definition) is 2. The van der Waals surface area contributed by atoms with Gasteiger partial charge in [0.2, 0.25) is 0 Å². The van der Waals surface area contributed by atoms with E-state index in [4.69, 9.17) is 11.6 Å². The second kappa shape index (κ2) is 4.26. The molecule has 14 heavy (non-hydrogen) atoms. The van der Waals surface area contributed by atoms with Crippen molar-refractivity contribution in [1.82, 2.24) is 10.6 Å². The predicted molar refractivity (Wildman–Crippen MR) is 55.0 cm³/mol. The Labute approximate surface area is 87.5 Å². The zero-order valence-electron chi connectivity index (χ0n) is 7.69. The average molecular weight is 215 g/mol. The minimum absolute atomic E-state index is 0.190. The third kappa shape index (κ3) is 2.05. The lowest BCUT2D eigenvalue weighted by atomic mass is 10.1. The van der Waals surface area contributed by atoms with Gasteiger partial charge >= 0.3 is 0 Å². The lowest BCUT2D eigenvalue weighted by Gasteiger charge is -2.24. The molecule has 1 atom stereocenters. The number of nitrogens with one attached hydrogen (secondary N) is 2. The molecule has 1 heterocycles. The molecule has 1 aromatic rings. The van der Waals surface area contributed by atoms with Crippen LogP contribution in [0.2, 0.25) is 5.02 Å². The van der Waals surface area contributed by atoms with Crippen LogP contribution in [0.5, 0.6) is 0 Å². The highest BCUT2D eigenvalue weighted by Crippen LogP contribution is 2.21. The van der Waals surface area contributed by atoms with Crippen molar-refractivity contribution in [1.29, 1.82) is 0 Å². The maximum Gasteiger partial charge on any atom is 0.141 e. The molecule has 2 N–H and O–H groups in total. The summed E-state index contributed by atoms with van der Waals surface area (Å²) in [5, 5.41) is 6.80. The van der Waals surface area contributed by atoms with E-state index in [-0.39, 0.29) is 16.9 Å². The Morgan fingerprint density at radius 2 is 2.21 bits per heavy atom. The van der Waals surface area contributed by atoms with Gasteiger partial charge in [0.15, 0.2) is 0 Å². The van der Waals surface area contributed by atoms with E-state index in [0.717, 1.165) is 25.2 Å². The van der Waals surface area contributed by atoms with Crippen LogP contribution >= 0.6 is 11.6 Å². The first-order chi connectivity index (χ1) is 6.77. The van der Waals surface area contributed by atoms with Crippen molar-refractivity contribution >= 4 is 11.6 Å². The van der Waals surface area contributed by atoms with Gasteiger partial charge in [-0.2, -0.15) is 0 Å². The Bertz CT molecular complexity index is 324. The molecule has 0 bridgehead atoms. The number of halogens is 2. The molecule has 4 heteroatoms. The van der Waals surface area contributed by atoms with Crippen molar-refractivity contribution in [3.8, 4) is 0 Å². The van der Waals surface area contributed by atoms with Crippen LogP contribution in [0.4, 0.5) is 4.39 Å². The predicted octanol–water partition coefficient (Wildman–Crippen LogP) is 1.71.